The quantitative estimate of drug-likeness (QED) is 0.823. The van der Waals surface area contributed by atoms with E-state index in [-0.39, 0.29) is 18.1 Å². The summed E-state index contributed by atoms with van der Waals surface area (Å²) in [7, 11) is 0. The van der Waals surface area contributed by atoms with Crippen molar-refractivity contribution in [3.63, 3.8) is 0 Å². The van der Waals surface area contributed by atoms with Gasteiger partial charge in [-0.15, -0.1) is 0 Å². The molecule has 2 atom stereocenters. The largest absolute Gasteiger partial charge is 0.375 e. The van der Waals surface area contributed by atoms with Gasteiger partial charge in [-0.05, 0) is 24.5 Å². The number of carbonyl (C=O) groups is 1. The highest BCUT2D eigenvalue weighted by molar-refractivity contribution is 5.84. The van der Waals surface area contributed by atoms with Crippen molar-refractivity contribution in [2.45, 2.75) is 25.5 Å². The van der Waals surface area contributed by atoms with Crippen LogP contribution in [0.4, 0.5) is 0 Å². The van der Waals surface area contributed by atoms with E-state index in [0.29, 0.717) is 19.7 Å². The Morgan fingerprint density at radius 1 is 1.42 bits per heavy atom. The lowest BCUT2D eigenvalue weighted by Crippen LogP contribution is -2.50. The lowest BCUT2D eigenvalue weighted by Gasteiger charge is -2.35. The van der Waals surface area contributed by atoms with Crippen molar-refractivity contribution >= 4 is 5.91 Å². The van der Waals surface area contributed by atoms with Crippen LogP contribution in [0, 0.1) is 0 Å². The summed E-state index contributed by atoms with van der Waals surface area (Å²) in [4.78, 5) is 14.6. The fourth-order valence-electron chi connectivity index (χ4n) is 2.93. The maximum absolute atomic E-state index is 12.7. The van der Waals surface area contributed by atoms with Crippen molar-refractivity contribution in [3.8, 4) is 0 Å². The van der Waals surface area contributed by atoms with Crippen LogP contribution in [0.1, 0.15) is 24.1 Å². The van der Waals surface area contributed by atoms with E-state index in [4.69, 9.17) is 4.74 Å². The van der Waals surface area contributed by atoms with Gasteiger partial charge in [-0.25, -0.2) is 0 Å². The first kappa shape index (κ1) is 12.6. The Hall–Kier alpha value is -1.39. The molecule has 2 unspecified atom stereocenters. The van der Waals surface area contributed by atoms with Crippen molar-refractivity contribution in [1.82, 2.24) is 10.2 Å². The van der Waals surface area contributed by atoms with Gasteiger partial charge in [0.05, 0.1) is 12.7 Å². The van der Waals surface area contributed by atoms with Gasteiger partial charge < -0.3 is 15.0 Å². The molecule has 1 amide bonds. The van der Waals surface area contributed by atoms with E-state index in [0.717, 1.165) is 18.5 Å². The highest BCUT2D eigenvalue weighted by Gasteiger charge is 2.31. The maximum atomic E-state index is 12.7. The lowest BCUT2D eigenvalue weighted by atomic mass is 9.93. The Kier molecular flexibility index (Phi) is 3.53. The zero-order valence-electron chi connectivity index (χ0n) is 11.3. The lowest BCUT2D eigenvalue weighted by molar-refractivity contribution is -0.140. The Bertz CT molecular complexity index is 475. The number of rotatable bonds is 1. The van der Waals surface area contributed by atoms with Crippen molar-refractivity contribution in [2.24, 2.45) is 0 Å². The van der Waals surface area contributed by atoms with Gasteiger partial charge in [-0.1, -0.05) is 24.3 Å². The number of nitrogens with zero attached hydrogens (tertiary/aromatic N) is 1. The van der Waals surface area contributed by atoms with E-state index in [1.807, 2.05) is 24.0 Å². The van der Waals surface area contributed by atoms with Crippen LogP contribution in [-0.2, 0) is 16.0 Å². The monoisotopic (exact) mass is 260 g/mol. The molecule has 19 heavy (non-hydrogen) atoms. The topological polar surface area (TPSA) is 41.6 Å². The summed E-state index contributed by atoms with van der Waals surface area (Å²) in [6, 6.07) is 8.05. The highest BCUT2D eigenvalue weighted by atomic mass is 16.5. The van der Waals surface area contributed by atoms with Crippen LogP contribution >= 0.6 is 0 Å². The summed E-state index contributed by atoms with van der Waals surface area (Å²) < 4.78 is 5.50. The smallest absolute Gasteiger partial charge is 0.244 e. The van der Waals surface area contributed by atoms with Crippen LogP contribution in [0.3, 0.4) is 0 Å². The molecule has 1 fully saturated rings. The molecule has 1 N–H and O–H groups in total. The second kappa shape index (κ2) is 5.31. The Labute approximate surface area is 113 Å². The molecule has 0 saturated carbocycles. The number of hydrogen-bond acceptors (Lipinski definition) is 3. The molecule has 0 radical (unpaired) electrons. The fraction of sp³-hybridized carbons (Fsp3) is 0.533. The summed E-state index contributed by atoms with van der Waals surface area (Å²) in [5.41, 5.74) is 2.43. The molecule has 102 valence electrons. The van der Waals surface area contributed by atoms with Gasteiger partial charge in [0.25, 0.3) is 0 Å². The molecule has 0 aliphatic carbocycles. The fourth-order valence-corrected chi connectivity index (χ4v) is 2.93. The zero-order valence-corrected chi connectivity index (χ0v) is 11.3. The molecule has 2 aliphatic rings. The number of nitrogens with one attached hydrogen (secondary N) is 1. The maximum Gasteiger partial charge on any atom is 0.244 e. The number of benzene rings is 1. The van der Waals surface area contributed by atoms with Crippen LogP contribution in [0.2, 0.25) is 0 Å². The molecule has 1 aromatic carbocycles. The molecule has 4 nitrogen and oxygen atoms in total. The van der Waals surface area contributed by atoms with Crippen LogP contribution < -0.4 is 5.32 Å². The zero-order chi connectivity index (χ0) is 13.2. The van der Waals surface area contributed by atoms with Crippen molar-refractivity contribution in [3.05, 3.63) is 35.4 Å². The summed E-state index contributed by atoms with van der Waals surface area (Å²) in [6.45, 7) is 4.92. The minimum absolute atomic E-state index is 0.136. The molecule has 2 aliphatic heterocycles. The second-order valence-corrected chi connectivity index (χ2v) is 5.30. The third kappa shape index (κ3) is 2.51. The van der Waals surface area contributed by atoms with Gasteiger partial charge in [0, 0.05) is 19.6 Å². The predicted molar refractivity (Wildman–Crippen MR) is 72.9 cm³/mol. The number of morpholine rings is 1. The third-order valence-electron chi connectivity index (χ3n) is 3.91. The first-order chi connectivity index (χ1) is 9.25. The molecular weight excluding hydrogens is 240 g/mol. The van der Waals surface area contributed by atoms with Crippen LogP contribution in [-0.4, -0.2) is 43.2 Å². The predicted octanol–water partition coefficient (Wildman–Crippen LogP) is 1.12. The Morgan fingerprint density at radius 3 is 3.11 bits per heavy atom. The van der Waals surface area contributed by atoms with E-state index in [2.05, 4.69) is 17.4 Å². The van der Waals surface area contributed by atoms with Crippen molar-refractivity contribution < 1.29 is 9.53 Å². The molecule has 0 aromatic heterocycles. The SMILES string of the molecule is CC1CN(C(=O)C2NCCc3ccccc32)CCO1. The van der Waals surface area contributed by atoms with Gasteiger partial charge in [0.1, 0.15) is 6.04 Å². The normalized spacial score (nSPS) is 26.9. The second-order valence-electron chi connectivity index (χ2n) is 5.30. The molecule has 0 bridgehead atoms. The van der Waals surface area contributed by atoms with Crippen LogP contribution in [0.15, 0.2) is 24.3 Å². The third-order valence-corrected chi connectivity index (χ3v) is 3.91. The van der Waals surface area contributed by atoms with Crippen LogP contribution in [0.25, 0.3) is 0 Å². The number of fused-ring (bicyclic) bond motifs is 1. The van der Waals surface area contributed by atoms with E-state index >= 15 is 0 Å². The molecule has 2 heterocycles. The average Bonchev–Trinajstić information content (AvgIpc) is 2.46. The Balaban J connectivity index is 1.81. The first-order valence-corrected chi connectivity index (χ1v) is 6.97. The van der Waals surface area contributed by atoms with E-state index in [1.165, 1.54) is 5.56 Å². The van der Waals surface area contributed by atoms with E-state index < -0.39 is 0 Å². The van der Waals surface area contributed by atoms with Crippen LogP contribution in [0.5, 0.6) is 0 Å². The molecule has 3 rings (SSSR count). The van der Waals surface area contributed by atoms with Gasteiger partial charge in [0.15, 0.2) is 0 Å². The summed E-state index contributed by atoms with van der Waals surface area (Å²) in [5, 5.41) is 3.36. The first-order valence-electron chi connectivity index (χ1n) is 6.97. The number of carbonyl (C=O) groups excluding carboxylic acids is 1. The standard InChI is InChI=1S/C15H20N2O2/c1-11-10-17(8-9-19-11)15(18)14-13-5-3-2-4-12(13)6-7-16-14/h2-5,11,14,16H,6-10H2,1H3. The summed E-state index contributed by atoms with van der Waals surface area (Å²) >= 11 is 0. The summed E-state index contributed by atoms with van der Waals surface area (Å²) in [5.74, 6) is 0.183. The molecule has 0 spiro atoms. The number of hydrogen-bond donors (Lipinski definition) is 1. The minimum Gasteiger partial charge on any atom is -0.375 e. The average molecular weight is 260 g/mol. The van der Waals surface area contributed by atoms with Gasteiger partial charge >= 0.3 is 0 Å². The molecule has 1 saturated heterocycles. The number of ether oxygens (including phenoxy) is 1. The van der Waals surface area contributed by atoms with Gasteiger partial charge in [-0.3, -0.25) is 4.79 Å². The van der Waals surface area contributed by atoms with Crippen molar-refractivity contribution in [2.75, 3.05) is 26.2 Å². The molecular formula is C15H20N2O2. The minimum atomic E-state index is -0.185. The van der Waals surface area contributed by atoms with Gasteiger partial charge in [0.2, 0.25) is 5.91 Å². The molecule has 4 heteroatoms. The molecule has 1 aromatic rings. The van der Waals surface area contributed by atoms with E-state index in [9.17, 15) is 4.79 Å². The van der Waals surface area contributed by atoms with Crippen molar-refractivity contribution in [1.29, 1.82) is 0 Å². The van der Waals surface area contributed by atoms with E-state index in [1.54, 1.807) is 0 Å². The van der Waals surface area contributed by atoms with Gasteiger partial charge in [-0.2, -0.15) is 0 Å². The number of amides is 1. The highest BCUT2D eigenvalue weighted by Crippen LogP contribution is 2.25. The summed E-state index contributed by atoms with van der Waals surface area (Å²) in [6.07, 6.45) is 1.14. The Morgan fingerprint density at radius 2 is 2.26 bits per heavy atom.